The van der Waals surface area contributed by atoms with Gasteiger partial charge >= 0.3 is 0 Å². The number of benzene rings is 1. The lowest BCUT2D eigenvalue weighted by Crippen LogP contribution is -2.27. The van der Waals surface area contributed by atoms with Crippen molar-refractivity contribution >= 4 is 35.0 Å². The van der Waals surface area contributed by atoms with Crippen LogP contribution >= 0.6 is 0 Å². The van der Waals surface area contributed by atoms with Crippen molar-refractivity contribution in [1.82, 2.24) is 25.3 Å². The molecule has 2 aromatic heterocycles. The molecular weight excluding hydrogens is 450 g/mol. The summed E-state index contributed by atoms with van der Waals surface area (Å²) in [4.78, 5) is 20.5. The molecule has 1 aliphatic heterocycles. The maximum atomic E-state index is 4.74. The lowest BCUT2D eigenvalue weighted by Gasteiger charge is -2.21. The number of hydrogen-bond acceptors (Lipinski definition) is 9. The van der Waals surface area contributed by atoms with Crippen LogP contribution < -0.4 is 26.2 Å². The molecule has 0 amide bonds. The Balaban J connectivity index is 1.62. The molecule has 1 atom stereocenters. The van der Waals surface area contributed by atoms with Crippen LogP contribution in [0.1, 0.15) is 31.4 Å². The minimum Gasteiger partial charge on any atom is -0.350 e. The zero-order valence-corrected chi connectivity index (χ0v) is 21.5. The number of nitrogens with zero attached hydrogens (tertiary/aromatic N) is 5. The largest absolute Gasteiger partial charge is 0.350 e. The predicted molar refractivity (Wildman–Crippen MR) is 148 cm³/mol. The van der Waals surface area contributed by atoms with Gasteiger partial charge in [-0.15, -0.1) is 5.73 Å². The lowest BCUT2D eigenvalue weighted by atomic mass is 10.1. The molecule has 4 rings (SSSR count). The summed E-state index contributed by atoms with van der Waals surface area (Å²) in [5.41, 5.74) is 6.60. The zero-order valence-electron chi connectivity index (χ0n) is 21.5. The molecule has 0 unspecified atom stereocenters. The van der Waals surface area contributed by atoms with E-state index >= 15 is 0 Å². The van der Waals surface area contributed by atoms with Crippen LogP contribution in [0.3, 0.4) is 0 Å². The minimum absolute atomic E-state index is 0.298. The van der Waals surface area contributed by atoms with Crippen molar-refractivity contribution < 1.29 is 0 Å². The summed E-state index contributed by atoms with van der Waals surface area (Å²) in [5, 5.41) is 13.5. The second-order valence-electron chi connectivity index (χ2n) is 9.44. The van der Waals surface area contributed by atoms with Crippen LogP contribution in [0, 0.1) is 12.8 Å². The highest BCUT2D eigenvalue weighted by molar-refractivity contribution is 5.78. The van der Waals surface area contributed by atoms with Crippen LogP contribution in [0.25, 0.3) is 5.70 Å². The number of aromatic nitrogens is 4. The Bertz CT molecular complexity index is 1210. The standard InChI is InChI=1S/C27H35N9/c1-6-22(31-24-9-7-8-13-29-24)20-11-10-19(4)23(15-20)32-26-33-25(30-21-12-14-28-16-21)34-27(35-26)36(5)17-18(2)3/h7-11,13,15,18,21,28H,1,12,14,16-17H2,2-5H3,(H,29,31)(H2,30,32,33,34,35)/t21-/m1/s1. The molecule has 0 bridgehead atoms. The maximum absolute atomic E-state index is 4.74. The third-order valence-electron chi connectivity index (χ3n) is 5.87. The number of nitrogens with one attached hydrogen (secondary N) is 4. The number of hydrogen-bond donors (Lipinski definition) is 4. The minimum atomic E-state index is 0.298. The van der Waals surface area contributed by atoms with Gasteiger partial charge in [0.2, 0.25) is 17.8 Å². The molecule has 36 heavy (non-hydrogen) atoms. The van der Waals surface area contributed by atoms with E-state index in [-0.39, 0.29) is 0 Å². The van der Waals surface area contributed by atoms with E-state index in [0.717, 1.165) is 54.4 Å². The SMILES string of the molecule is C=C=C(Nc1ccccn1)c1ccc(C)c(Nc2nc(N[C@@H]3CCNC3)nc(N(C)CC(C)C)n2)c1. The van der Waals surface area contributed by atoms with Crippen LogP contribution in [-0.4, -0.2) is 52.7 Å². The number of aryl methyl sites for hydroxylation is 1. The highest BCUT2D eigenvalue weighted by Crippen LogP contribution is 2.26. The lowest BCUT2D eigenvalue weighted by molar-refractivity contribution is 0.629. The average Bonchev–Trinajstić information content (AvgIpc) is 3.37. The van der Waals surface area contributed by atoms with Crippen molar-refractivity contribution in [2.45, 2.75) is 33.2 Å². The van der Waals surface area contributed by atoms with Crippen LogP contribution in [0.15, 0.2) is 54.9 Å². The van der Waals surface area contributed by atoms with Gasteiger partial charge < -0.3 is 26.2 Å². The maximum Gasteiger partial charge on any atom is 0.233 e. The first kappa shape index (κ1) is 25.2. The highest BCUT2D eigenvalue weighted by Gasteiger charge is 2.18. The van der Waals surface area contributed by atoms with Crippen molar-refractivity contribution in [1.29, 1.82) is 0 Å². The van der Waals surface area contributed by atoms with Crippen molar-refractivity contribution in [2.24, 2.45) is 5.92 Å². The van der Waals surface area contributed by atoms with E-state index in [1.165, 1.54) is 0 Å². The summed E-state index contributed by atoms with van der Waals surface area (Å²) in [6, 6.07) is 12.1. The number of pyridine rings is 1. The zero-order chi connectivity index (χ0) is 25.5. The Labute approximate surface area is 213 Å². The summed E-state index contributed by atoms with van der Waals surface area (Å²) in [7, 11) is 2.01. The summed E-state index contributed by atoms with van der Waals surface area (Å²) in [5.74, 6) is 2.90. The first-order valence-electron chi connectivity index (χ1n) is 12.3. The Morgan fingerprint density at radius 2 is 2.03 bits per heavy atom. The van der Waals surface area contributed by atoms with Crippen molar-refractivity contribution in [3.8, 4) is 0 Å². The number of rotatable bonds is 10. The quantitative estimate of drug-likeness (QED) is 0.311. The normalized spacial score (nSPS) is 14.9. The Morgan fingerprint density at radius 3 is 2.72 bits per heavy atom. The Morgan fingerprint density at radius 1 is 1.19 bits per heavy atom. The molecule has 1 saturated heterocycles. The van der Waals surface area contributed by atoms with E-state index in [1.54, 1.807) is 6.20 Å². The molecule has 9 nitrogen and oxygen atoms in total. The average molecular weight is 486 g/mol. The smallest absolute Gasteiger partial charge is 0.233 e. The van der Waals surface area contributed by atoms with Gasteiger partial charge in [0.05, 0.1) is 5.70 Å². The Kier molecular flexibility index (Phi) is 8.15. The summed E-state index contributed by atoms with van der Waals surface area (Å²) in [6.07, 6.45) is 2.78. The molecule has 0 radical (unpaired) electrons. The van der Waals surface area contributed by atoms with Gasteiger partial charge in [-0.2, -0.15) is 15.0 Å². The van der Waals surface area contributed by atoms with E-state index in [2.05, 4.69) is 57.3 Å². The van der Waals surface area contributed by atoms with Gasteiger partial charge in [0.1, 0.15) is 5.82 Å². The van der Waals surface area contributed by atoms with Crippen LogP contribution in [0.5, 0.6) is 0 Å². The highest BCUT2D eigenvalue weighted by atomic mass is 15.3. The first-order valence-corrected chi connectivity index (χ1v) is 12.3. The fourth-order valence-electron chi connectivity index (χ4n) is 4.06. The molecule has 3 aromatic rings. The second kappa shape index (κ2) is 11.7. The topological polar surface area (TPSA) is 103 Å². The van der Waals surface area contributed by atoms with E-state index < -0.39 is 0 Å². The molecular formula is C27H35N9. The van der Waals surface area contributed by atoms with E-state index in [0.29, 0.717) is 29.8 Å². The van der Waals surface area contributed by atoms with Crippen molar-refractivity contribution in [2.75, 3.05) is 47.5 Å². The molecule has 1 aromatic carbocycles. The molecule has 3 heterocycles. The molecule has 4 N–H and O–H groups in total. The molecule has 0 aliphatic carbocycles. The third kappa shape index (κ3) is 6.59. The predicted octanol–water partition coefficient (Wildman–Crippen LogP) is 4.42. The van der Waals surface area contributed by atoms with E-state index in [4.69, 9.17) is 15.0 Å². The van der Waals surface area contributed by atoms with E-state index in [1.807, 2.05) is 50.4 Å². The molecule has 1 aliphatic rings. The van der Waals surface area contributed by atoms with Gasteiger partial charge in [-0.3, -0.25) is 0 Å². The van der Waals surface area contributed by atoms with E-state index in [9.17, 15) is 0 Å². The summed E-state index contributed by atoms with van der Waals surface area (Å²) in [6.45, 7) is 13.0. The van der Waals surface area contributed by atoms with Gasteiger partial charge in [-0.25, -0.2) is 4.98 Å². The Hall–Kier alpha value is -3.94. The third-order valence-corrected chi connectivity index (χ3v) is 5.87. The molecule has 0 spiro atoms. The monoisotopic (exact) mass is 485 g/mol. The fraction of sp³-hybridized carbons (Fsp3) is 0.370. The van der Waals surface area contributed by atoms with Crippen molar-refractivity contribution in [3.05, 3.63) is 66.0 Å². The summed E-state index contributed by atoms with van der Waals surface area (Å²) < 4.78 is 0. The van der Waals surface area contributed by atoms with Crippen LogP contribution in [0.4, 0.5) is 29.4 Å². The van der Waals surface area contributed by atoms with Gasteiger partial charge in [-0.05, 0) is 49.6 Å². The van der Waals surface area contributed by atoms with Gasteiger partial charge in [-0.1, -0.05) is 38.6 Å². The number of anilines is 5. The van der Waals surface area contributed by atoms with Crippen LogP contribution in [-0.2, 0) is 0 Å². The second-order valence-corrected chi connectivity index (χ2v) is 9.44. The van der Waals surface area contributed by atoms with Gasteiger partial charge in [0, 0.05) is 43.6 Å². The molecule has 188 valence electrons. The summed E-state index contributed by atoms with van der Waals surface area (Å²) >= 11 is 0. The fourth-order valence-corrected chi connectivity index (χ4v) is 4.06. The molecule has 1 fully saturated rings. The van der Waals surface area contributed by atoms with Crippen molar-refractivity contribution in [3.63, 3.8) is 0 Å². The van der Waals surface area contributed by atoms with Crippen LogP contribution in [0.2, 0.25) is 0 Å². The van der Waals surface area contributed by atoms with Gasteiger partial charge in [0.15, 0.2) is 0 Å². The molecule has 0 saturated carbocycles. The molecule has 9 heteroatoms. The van der Waals surface area contributed by atoms with Gasteiger partial charge in [0.25, 0.3) is 0 Å². The first-order chi connectivity index (χ1) is 17.4.